The third-order valence-corrected chi connectivity index (χ3v) is 7.03. The Morgan fingerprint density at radius 3 is 2.33 bits per heavy atom. The summed E-state index contributed by atoms with van der Waals surface area (Å²) in [7, 11) is 4.48. The summed E-state index contributed by atoms with van der Waals surface area (Å²) in [6.07, 6.45) is 11.5. The van der Waals surface area contributed by atoms with Crippen molar-refractivity contribution in [3.63, 3.8) is 0 Å². The second-order valence-corrected chi connectivity index (χ2v) is 8.07. The number of fused-ring (bicyclic) bond motifs is 1. The SMILES string of the molecule is CN(C)C1CCC(C2NC3CCCCC3S2)CC1. The van der Waals surface area contributed by atoms with Gasteiger partial charge in [0.15, 0.2) is 0 Å². The fourth-order valence-corrected chi connectivity index (χ4v) is 5.89. The Kier molecular flexibility index (Phi) is 4.21. The third-order valence-electron chi connectivity index (χ3n) is 5.30. The van der Waals surface area contributed by atoms with Gasteiger partial charge in [-0.2, -0.15) is 0 Å². The fourth-order valence-electron chi connectivity index (χ4n) is 4.06. The van der Waals surface area contributed by atoms with Crippen LogP contribution in [0, 0.1) is 5.92 Å². The van der Waals surface area contributed by atoms with Crippen molar-refractivity contribution in [2.24, 2.45) is 5.92 Å². The van der Waals surface area contributed by atoms with Crippen molar-refractivity contribution in [1.29, 1.82) is 0 Å². The molecule has 1 aliphatic heterocycles. The minimum absolute atomic E-state index is 0.779. The second kappa shape index (κ2) is 5.72. The lowest BCUT2D eigenvalue weighted by atomic mass is 9.85. The highest BCUT2D eigenvalue weighted by atomic mass is 32.2. The van der Waals surface area contributed by atoms with E-state index in [2.05, 4.69) is 36.1 Å². The first-order chi connectivity index (χ1) is 8.74. The van der Waals surface area contributed by atoms with Gasteiger partial charge in [-0.1, -0.05) is 12.8 Å². The first kappa shape index (κ1) is 13.3. The highest BCUT2D eigenvalue weighted by Crippen LogP contribution is 2.43. The van der Waals surface area contributed by atoms with Crippen LogP contribution in [0.3, 0.4) is 0 Å². The van der Waals surface area contributed by atoms with Crippen molar-refractivity contribution >= 4 is 11.8 Å². The van der Waals surface area contributed by atoms with Crippen molar-refractivity contribution in [3.8, 4) is 0 Å². The van der Waals surface area contributed by atoms with Crippen LogP contribution < -0.4 is 5.32 Å². The number of thioether (sulfide) groups is 1. The molecule has 0 aromatic heterocycles. The Bertz CT molecular complexity index is 260. The van der Waals surface area contributed by atoms with Crippen LogP contribution in [0.2, 0.25) is 0 Å². The molecule has 1 heterocycles. The molecule has 3 atom stereocenters. The number of hydrogen-bond acceptors (Lipinski definition) is 3. The first-order valence-corrected chi connectivity index (χ1v) is 8.76. The second-order valence-electron chi connectivity index (χ2n) is 6.68. The number of nitrogens with zero attached hydrogens (tertiary/aromatic N) is 1. The van der Waals surface area contributed by atoms with Gasteiger partial charge in [0.2, 0.25) is 0 Å². The van der Waals surface area contributed by atoms with Gasteiger partial charge >= 0.3 is 0 Å². The van der Waals surface area contributed by atoms with E-state index in [0.29, 0.717) is 0 Å². The average Bonchev–Trinajstić information content (AvgIpc) is 2.82. The van der Waals surface area contributed by atoms with Gasteiger partial charge in [-0.05, 0) is 58.5 Å². The maximum Gasteiger partial charge on any atom is 0.0566 e. The van der Waals surface area contributed by atoms with Crippen LogP contribution >= 0.6 is 11.8 Å². The van der Waals surface area contributed by atoms with Crippen LogP contribution in [0.25, 0.3) is 0 Å². The van der Waals surface area contributed by atoms with Crippen molar-refractivity contribution in [3.05, 3.63) is 0 Å². The molecule has 0 aromatic rings. The van der Waals surface area contributed by atoms with Crippen LogP contribution in [0.1, 0.15) is 51.4 Å². The number of hydrogen-bond donors (Lipinski definition) is 1. The maximum atomic E-state index is 3.96. The Morgan fingerprint density at radius 1 is 0.944 bits per heavy atom. The van der Waals surface area contributed by atoms with E-state index in [4.69, 9.17) is 0 Å². The Balaban J connectivity index is 1.51. The summed E-state index contributed by atoms with van der Waals surface area (Å²) < 4.78 is 0. The van der Waals surface area contributed by atoms with E-state index in [1.807, 2.05) is 0 Å². The lowest BCUT2D eigenvalue weighted by Crippen LogP contribution is -2.40. The normalized spacial score (nSPS) is 45.2. The number of nitrogens with one attached hydrogen (secondary N) is 1. The van der Waals surface area contributed by atoms with E-state index in [0.717, 1.165) is 28.6 Å². The standard InChI is InChI=1S/C15H28N2S/c1-17(2)12-9-7-11(8-10-12)15-16-13-5-3-4-6-14(13)18-15/h11-16H,3-10H2,1-2H3. The lowest BCUT2D eigenvalue weighted by molar-refractivity contribution is 0.185. The molecule has 2 aliphatic carbocycles. The van der Waals surface area contributed by atoms with E-state index in [9.17, 15) is 0 Å². The van der Waals surface area contributed by atoms with Crippen molar-refractivity contribution in [2.45, 2.75) is 74.1 Å². The highest BCUT2D eigenvalue weighted by Gasteiger charge is 2.40. The van der Waals surface area contributed by atoms with Crippen molar-refractivity contribution in [1.82, 2.24) is 10.2 Å². The smallest absolute Gasteiger partial charge is 0.0566 e. The molecular formula is C15H28N2S. The zero-order chi connectivity index (χ0) is 12.5. The molecule has 0 bridgehead atoms. The average molecular weight is 268 g/mol. The summed E-state index contributed by atoms with van der Waals surface area (Å²) >= 11 is 2.29. The molecule has 0 radical (unpaired) electrons. The van der Waals surface area contributed by atoms with Gasteiger partial charge in [-0.3, -0.25) is 0 Å². The highest BCUT2D eigenvalue weighted by molar-refractivity contribution is 8.00. The first-order valence-electron chi connectivity index (χ1n) is 7.82. The lowest BCUT2D eigenvalue weighted by Gasteiger charge is -2.35. The van der Waals surface area contributed by atoms with Gasteiger partial charge in [0.25, 0.3) is 0 Å². The summed E-state index contributed by atoms with van der Waals surface area (Å²) in [6, 6.07) is 1.69. The molecule has 104 valence electrons. The van der Waals surface area contributed by atoms with Gasteiger partial charge in [0, 0.05) is 17.3 Å². The zero-order valence-electron chi connectivity index (χ0n) is 11.9. The molecule has 1 saturated heterocycles. The summed E-state index contributed by atoms with van der Waals surface area (Å²) in [5, 5.41) is 5.68. The molecular weight excluding hydrogens is 240 g/mol. The van der Waals surface area contributed by atoms with Gasteiger partial charge in [0.1, 0.15) is 0 Å². The topological polar surface area (TPSA) is 15.3 Å². The van der Waals surface area contributed by atoms with Crippen molar-refractivity contribution < 1.29 is 0 Å². The van der Waals surface area contributed by atoms with E-state index in [-0.39, 0.29) is 0 Å². The molecule has 18 heavy (non-hydrogen) atoms. The molecule has 2 nitrogen and oxygen atoms in total. The minimum atomic E-state index is 0.779. The zero-order valence-corrected chi connectivity index (χ0v) is 12.7. The Morgan fingerprint density at radius 2 is 1.67 bits per heavy atom. The van der Waals surface area contributed by atoms with Crippen LogP contribution in [0.15, 0.2) is 0 Å². The van der Waals surface area contributed by atoms with Crippen LogP contribution in [0.4, 0.5) is 0 Å². The minimum Gasteiger partial charge on any atom is -0.306 e. The molecule has 0 aromatic carbocycles. The predicted octanol–water partition coefficient (Wildman–Crippen LogP) is 3.08. The Labute approximate surface area is 116 Å². The molecule has 3 unspecified atom stereocenters. The van der Waals surface area contributed by atoms with E-state index in [1.54, 1.807) is 0 Å². The molecule has 0 amide bonds. The van der Waals surface area contributed by atoms with Gasteiger partial charge < -0.3 is 10.2 Å². The molecule has 3 rings (SSSR count). The quantitative estimate of drug-likeness (QED) is 0.828. The molecule has 3 aliphatic rings. The largest absolute Gasteiger partial charge is 0.306 e. The van der Waals surface area contributed by atoms with Gasteiger partial charge in [0.05, 0.1) is 5.37 Å². The molecule has 2 saturated carbocycles. The van der Waals surface area contributed by atoms with Crippen molar-refractivity contribution in [2.75, 3.05) is 14.1 Å². The third kappa shape index (κ3) is 2.73. The van der Waals surface area contributed by atoms with Crippen LogP contribution in [-0.4, -0.2) is 41.7 Å². The van der Waals surface area contributed by atoms with E-state index < -0.39 is 0 Å². The monoisotopic (exact) mass is 268 g/mol. The summed E-state index contributed by atoms with van der Waals surface area (Å²) in [5.41, 5.74) is 0. The molecule has 3 heteroatoms. The van der Waals surface area contributed by atoms with E-state index in [1.165, 1.54) is 51.4 Å². The molecule has 1 N–H and O–H groups in total. The van der Waals surface area contributed by atoms with Crippen LogP contribution in [0.5, 0.6) is 0 Å². The van der Waals surface area contributed by atoms with Gasteiger partial charge in [-0.25, -0.2) is 0 Å². The maximum absolute atomic E-state index is 3.96. The summed E-state index contributed by atoms with van der Waals surface area (Å²) in [5.74, 6) is 0.941. The molecule has 0 spiro atoms. The predicted molar refractivity (Wildman–Crippen MR) is 80.0 cm³/mol. The summed E-state index contributed by atoms with van der Waals surface area (Å²) in [4.78, 5) is 2.42. The fraction of sp³-hybridized carbons (Fsp3) is 1.00. The summed E-state index contributed by atoms with van der Waals surface area (Å²) in [6.45, 7) is 0. The van der Waals surface area contributed by atoms with Crippen LogP contribution in [-0.2, 0) is 0 Å². The van der Waals surface area contributed by atoms with Gasteiger partial charge in [-0.15, -0.1) is 11.8 Å². The Hall–Kier alpha value is 0.270. The molecule has 3 fully saturated rings. The van der Waals surface area contributed by atoms with E-state index >= 15 is 0 Å². The number of rotatable bonds is 2.